The van der Waals surface area contributed by atoms with Crippen LogP contribution in [0.25, 0.3) is 0 Å². The number of hydrogen-bond donors (Lipinski definition) is 2. The van der Waals surface area contributed by atoms with Crippen molar-refractivity contribution >= 4 is 0 Å². The third-order valence-electron chi connectivity index (χ3n) is 3.54. The van der Waals surface area contributed by atoms with E-state index in [2.05, 4.69) is 31.3 Å². The van der Waals surface area contributed by atoms with Crippen LogP contribution in [-0.4, -0.2) is 23.8 Å². The third kappa shape index (κ3) is 4.35. The minimum Gasteiger partial charge on any atom is -0.389 e. The molecule has 2 heteroatoms. The van der Waals surface area contributed by atoms with Crippen molar-refractivity contribution in [1.82, 2.24) is 5.32 Å². The molecule has 0 radical (unpaired) electrons. The highest BCUT2D eigenvalue weighted by Crippen LogP contribution is 2.18. The van der Waals surface area contributed by atoms with Crippen LogP contribution in [0.5, 0.6) is 0 Å². The van der Waals surface area contributed by atoms with Crippen molar-refractivity contribution in [2.45, 2.75) is 45.6 Å². The van der Waals surface area contributed by atoms with E-state index in [4.69, 9.17) is 0 Å². The highest BCUT2D eigenvalue weighted by atomic mass is 16.3. The molecule has 0 fully saturated rings. The Kier molecular flexibility index (Phi) is 4.81. The Bertz CT molecular complexity index is 209. The summed E-state index contributed by atoms with van der Waals surface area (Å²) in [5, 5.41) is 13.4. The molecule has 0 amide bonds. The van der Waals surface area contributed by atoms with Crippen LogP contribution in [0.4, 0.5) is 0 Å². The van der Waals surface area contributed by atoms with Gasteiger partial charge in [-0.25, -0.2) is 0 Å². The summed E-state index contributed by atoms with van der Waals surface area (Å²) in [6, 6.07) is 0. The van der Waals surface area contributed by atoms with Crippen LogP contribution in [0.15, 0.2) is 12.2 Å². The third-order valence-corrected chi connectivity index (χ3v) is 3.54. The van der Waals surface area contributed by atoms with Gasteiger partial charge in [0.1, 0.15) is 0 Å². The number of allylic oxidation sites excluding steroid dienone is 2. The van der Waals surface area contributed by atoms with E-state index in [1.165, 1.54) is 19.3 Å². The van der Waals surface area contributed by atoms with Gasteiger partial charge in [0, 0.05) is 6.54 Å². The van der Waals surface area contributed by atoms with Gasteiger partial charge in [-0.3, -0.25) is 0 Å². The molecule has 1 aliphatic carbocycles. The Morgan fingerprint density at radius 2 is 2.20 bits per heavy atom. The first-order valence-electron chi connectivity index (χ1n) is 6.10. The zero-order chi connectivity index (χ0) is 11.3. The smallest absolute Gasteiger partial charge is 0.0766 e. The summed E-state index contributed by atoms with van der Waals surface area (Å²) in [4.78, 5) is 0. The van der Waals surface area contributed by atoms with E-state index >= 15 is 0 Å². The molecule has 0 aromatic rings. The van der Waals surface area contributed by atoms with Crippen LogP contribution in [0.1, 0.15) is 40.0 Å². The zero-order valence-electron chi connectivity index (χ0n) is 10.3. The molecule has 1 rings (SSSR count). The summed E-state index contributed by atoms with van der Waals surface area (Å²) >= 11 is 0. The summed E-state index contributed by atoms with van der Waals surface area (Å²) in [7, 11) is 0. The van der Waals surface area contributed by atoms with Crippen LogP contribution in [0.3, 0.4) is 0 Å². The highest BCUT2D eigenvalue weighted by molar-refractivity contribution is 4.91. The Labute approximate surface area is 93.8 Å². The lowest BCUT2D eigenvalue weighted by Crippen LogP contribution is -2.43. The molecular weight excluding hydrogens is 186 g/mol. The first-order chi connectivity index (χ1) is 7.02. The van der Waals surface area contributed by atoms with Gasteiger partial charge in [-0.15, -0.1) is 0 Å². The van der Waals surface area contributed by atoms with Gasteiger partial charge >= 0.3 is 0 Å². The molecule has 2 N–H and O–H groups in total. The topological polar surface area (TPSA) is 32.3 Å². The Morgan fingerprint density at radius 3 is 2.73 bits per heavy atom. The number of rotatable bonds is 5. The van der Waals surface area contributed by atoms with Crippen molar-refractivity contribution in [3.05, 3.63) is 12.2 Å². The van der Waals surface area contributed by atoms with Gasteiger partial charge in [0.25, 0.3) is 0 Å². The fourth-order valence-electron chi connectivity index (χ4n) is 1.78. The SMILES string of the molecule is CC(C)C(C)(O)CNCC1CC=CCC1. The average Bonchev–Trinajstić information content (AvgIpc) is 2.19. The number of hydrogen-bond acceptors (Lipinski definition) is 2. The largest absolute Gasteiger partial charge is 0.389 e. The molecule has 0 aromatic heterocycles. The molecule has 0 saturated heterocycles. The van der Waals surface area contributed by atoms with Crippen LogP contribution in [-0.2, 0) is 0 Å². The van der Waals surface area contributed by atoms with Gasteiger partial charge in [0.15, 0.2) is 0 Å². The van der Waals surface area contributed by atoms with Crippen molar-refractivity contribution in [3.63, 3.8) is 0 Å². The summed E-state index contributed by atoms with van der Waals surface area (Å²) < 4.78 is 0. The lowest BCUT2D eigenvalue weighted by molar-refractivity contribution is 0.0135. The summed E-state index contributed by atoms with van der Waals surface area (Å²) in [5.74, 6) is 1.06. The molecule has 88 valence electrons. The van der Waals surface area contributed by atoms with Crippen molar-refractivity contribution < 1.29 is 5.11 Å². The van der Waals surface area contributed by atoms with Gasteiger partial charge in [-0.2, -0.15) is 0 Å². The second kappa shape index (κ2) is 5.66. The van der Waals surface area contributed by atoms with Gasteiger partial charge in [-0.1, -0.05) is 26.0 Å². The van der Waals surface area contributed by atoms with E-state index in [0.717, 1.165) is 12.5 Å². The average molecular weight is 211 g/mol. The molecule has 2 unspecified atom stereocenters. The molecule has 2 atom stereocenters. The highest BCUT2D eigenvalue weighted by Gasteiger charge is 2.24. The van der Waals surface area contributed by atoms with Crippen LogP contribution < -0.4 is 5.32 Å². The Balaban J connectivity index is 2.18. The van der Waals surface area contributed by atoms with Crippen molar-refractivity contribution in [3.8, 4) is 0 Å². The summed E-state index contributed by atoms with van der Waals surface area (Å²) in [6.45, 7) is 7.76. The van der Waals surface area contributed by atoms with E-state index < -0.39 is 5.60 Å². The first kappa shape index (κ1) is 12.7. The number of aliphatic hydroxyl groups is 1. The first-order valence-corrected chi connectivity index (χ1v) is 6.10. The summed E-state index contributed by atoms with van der Waals surface area (Å²) in [6.07, 6.45) is 8.23. The molecule has 0 aromatic carbocycles. The van der Waals surface area contributed by atoms with Crippen LogP contribution in [0, 0.1) is 11.8 Å². The van der Waals surface area contributed by atoms with Crippen molar-refractivity contribution in [2.24, 2.45) is 11.8 Å². The molecule has 0 saturated carbocycles. The monoisotopic (exact) mass is 211 g/mol. The van der Waals surface area contributed by atoms with Crippen molar-refractivity contribution in [1.29, 1.82) is 0 Å². The van der Waals surface area contributed by atoms with Crippen LogP contribution in [0.2, 0.25) is 0 Å². The van der Waals surface area contributed by atoms with Gasteiger partial charge in [-0.05, 0) is 44.6 Å². The van der Waals surface area contributed by atoms with Gasteiger partial charge in [0.2, 0.25) is 0 Å². The van der Waals surface area contributed by atoms with Crippen molar-refractivity contribution in [2.75, 3.05) is 13.1 Å². The van der Waals surface area contributed by atoms with E-state index in [-0.39, 0.29) is 0 Å². The summed E-state index contributed by atoms with van der Waals surface area (Å²) in [5.41, 5.74) is -0.579. The number of nitrogens with one attached hydrogen (secondary N) is 1. The fraction of sp³-hybridized carbons (Fsp3) is 0.846. The molecule has 2 nitrogen and oxygen atoms in total. The maximum atomic E-state index is 10.0. The second-order valence-electron chi connectivity index (χ2n) is 5.29. The molecule has 1 aliphatic rings. The van der Waals surface area contributed by atoms with Crippen LogP contribution >= 0.6 is 0 Å². The Hall–Kier alpha value is -0.340. The predicted molar refractivity (Wildman–Crippen MR) is 64.8 cm³/mol. The fourth-order valence-corrected chi connectivity index (χ4v) is 1.78. The minimum absolute atomic E-state index is 0.302. The standard InChI is InChI=1S/C13H25NO/c1-11(2)13(3,15)10-14-9-12-7-5-4-6-8-12/h4-5,11-12,14-15H,6-10H2,1-3H3. The molecule has 15 heavy (non-hydrogen) atoms. The lowest BCUT2D eigenvalue weighted by atomic mass is 9.91. The maximum absolute atomic E-state index is 10.0. The molecule has 0 spiro atoms. The van der Waals surface area contributed by atoms with Gasteiger partial charge in [0.05, 0.1) is 5.60 Å². The van der Waals surface area contributed by atoms with Gasteiger partial charge < -0.3 is 10.4 Å². The minimum atomic E-state index is -0.579. The van der Waals surface area contributed by atoms with E-state index in [1.807, 2.05) is 6.92 Å². The molecular formula is C13H25NO. The molecule has 0 heterocycles. The van der Waals surface area contributed by atoms with E-state index in [0.29, 0.717) is 12.5 Å². The lowest BCUT2D eigenvalue weighted by Gasteiger charge is -2.29. The maximum Gasteiger partial charge on any atom is 0.0766 e. The molecule has 0 bridgehead atoms. The molecule has 0 aliphatic heterocycles. The predicted octanol–water partition coefficient (Wildman–Crippen LogP) is 2.34. The Morgan fingerprint density at radius 1 is 1.47 bits per heavy atom. The zero-order valence-corrected chi connectivity index (χ0v) is 10.3. The van der Waals surface area contributed by atoms with E-state index in [9.17, 15) is 5.11 Å². The second-order valence-corrected chi connectivity index (χ2v) is 5.29. The van der Waals surface area contributed by atoms with E-state index in [1.54, 1.807) is 0 Å². The normalized spacial score (nSPS) is 25.5. The quantitative estimate of drug-likeness (QED) is 0.684.